The number of likely N-dealkylation sites (N-methyl/N-ethyl adjacent to an activating group) is 1. The number of hydrogen-bond donors (Lipinski definition) is 2. The zero-order chi connectivity index (χ0) is 40.5. The molecule has 0 radical (unpaired) electrons. The Bertz CT molecular complexity index is 1660. The minimum absolute atomic E-state index is 0.0796. The van der Waals surface area contributed by atoms with Crippen molar-refractivity contribution in [2.24, 2.45) is 11.8 Å². The lowest BCUT2D eigenvalue weighted by Gasteiger charge is -2.41. The van der Waals surface area contributed by atoms with Crippen LogP contribution in [0.4, 0.5) is 10.5 Å². The maximum Gasteiger partial charge on any atom is 0.409 e. The highest BCUT2D eigenvalue weighted by Crippen LogP contribution is 2.49. The summed E-state index contributed by atoms with van der Waals surface area (Å²) >= 11 is 8.60. The van der Waals surface area contributed by atoms with E-state index in [2.05, 4.69) is 33.0 Å². The van der Waals surface area contributed by atoms with Gasteiger partial charge in [0, 0.05) is 43.5 Å². The van der Waals surface area contributed by atoms with E-state index >= 15 is 0 Å². The van der Waals surface area contributed by atoms with Crippen LogP contribution in [-0.4, -0.2) is 93.7 Å². The topological polar surface area (TPSA) is 138 Å². The highest BCUT2D eigenvalue weighted by atomic mass is 35.5. The van der Waals surface area contributed by atoms with E-state index in [0.717, 1.165) is 16.7 Å². The van der Waals surface area contributed by atoms with Crippen molar-refractivity contribution < 1.29 is 38.5 Å². The number of alkyl carbamates (subject to hydrolysis) is 1. The van der Waals surface area contributed by atoms with Crippen LogP contribution in [0.5, 0.6) is 0 Å². The Kier molecular flexibility index (Phi) is 13.7. The number of carbonyl (C=O) groups excluding carboxylic acids is 4. The summed E-state index contributed by atoms with van der Waals surface area (Å²) < 4.78 is 18.0. The third kappa shape index (κ3) is 10.2. The number of amides is 3. The molecule has 3 amide bonds. The molecule has 4 bridgehead atoms. The van der Waals surface area contributed by atoms with Crippen molar-refractivity contribution in [3.63, 3.8) is 0 Å². The summed E-state index contributed by atoms with van der Waals surface area (Å²) in [5.41, 5.74) is 0.551. The van der Waals surface area contributed by atoms with E-state index in [9.17, 15) is 24.3 Å². The standard InChI is InChI=1S/C41H60ClN3O8S/c1-23(2)54-39(8,9)17-16-33(46)44(11)28(7)37(48)52-32-21-34(47)45(12)30-20-29(19-25(4)35(30)42)18-24(3)14-13-15-26(5)41(50)22-31(51-38(49)43-41)27(6)36-40(32,10)53-36/h13-15,19-20,23,26-28,31-32,36,50H,16-18,21-22H2,1-12H3,(H,43,49)/b15-13+,24-14+/t26-,27-,28+,31+,32+,36+,40+,41+/m1/s1. The normalized spacial score (nSPS) is 31.4. The molecule has 1 aromatic carbocycles. The number of thioether (sulfide) groups is 1. The highest BCUT2D eigenvalue weighted by molar-refractivity contribution is 8.01. The Hall–Kier alpha value is -3.06. The number of benzene rings is 1. The van der Waals surface area contributed by atoms with E-state index in [4.69, 9.17) is 25.8 Å². The largest absolute Gasteiger partial charge is 0.457 e. The van der Waals surface area contributed by atoms with Crippen LogP contribution in [0, 0.1) is 18.8 Å². The number of aliphatic hydroxyl groups is 1. The lowest BCUT2D eigenvalue weighted by Crippen LogP contribution is -2.60. The number of esters is 1. The highest BCUT2D eigenvalue weighted by Gasteiger charge is 2.64. The summed E-state index contributed by atoms with van der Waals surface area (Å²) in [5.74, 6) is -2.15. The van der Waals surface area contributed by atoms with Gasteiger partial charge in [-0.15, -0.1) is 0 Å². The van der Waals surface area contributed by atoms with Crippen molar-refractivity contribution in [3.8, 4) is 0 Å². The Morgan fingerprint density at radius 3 is 2.52 bits per heavy atom. The molecular weight excluding hydrogens is 730 g/mol. The average Bonchev–Trinajstić information content (AvgIpc) is 3.77. The Labute approximate surface area is 330 Å². The van der Waals surface area contributed by atoms with Gasteiger partial charge in [-0.1, -0.05) is 83.0 Å². The monoisotopic (exact) mass is 789 g/mol. The number of anilines is 1. The smallest absolute Gasteiger partial charge is 0.409 e. The fraction of sp³-hybridized carbons (Fsp3) is 0.659. The summed E-state index contributed by atoms with van der Waals surface area (Å²) in [6.45, 7) is 19.4. The van der Waals surface area contributed by atoms with Crippen molar-refractivity contribution in [1.29, 1.82) is 0 Å². The zero-order valence-corrected chi connectivity index (χ0v) is 35.5. The van der Waals surface area contributed by atoms with Gasteiger partial charge < -0.3 is 29.1 Å². The minimum Gasteiger partial charge on any atom is -0.457 e. The molecule has 0 spiro atoms. The Morgan fingerprint density at radius 2 is 1.87 bits per heavy atom. The molecule has 3 aliphatic rings. The van der Waals surface area contributed by atoms with Crippen LogP contribution in [-0.2, 0) is 35.0 Å². The number of halogens is 1. The maximum absolute atomic E-state index is 14.2. The molecule has 0 unspecified atom stereocenters. The van der Waals surface area contributed by atoms with E-state index in [1.54, 1.807) is 39.7 Å². The lowest BCUT2D eigenvalue weighted by molar-refractivity contribution is -0.162. The molecule has 2 fully saturated rings. The molecule has 0 saturated carbocycles. The number of nitrogens with zero attached hydrogens (tertiary/aromatic N) is 2. The van der Waals surface area contributed by atoms with Crippen molar-refractivity contribution in [1.82, 2.24) is 10.2 Å². The second kappa shape index (κ2) is 17.0. The van der Waals surface area contributed by atoms with E-state index in [1.165, 1.54) is 9.80 Å². The number of rotatable bonds is 8. The summed E-state index contributed by atoms with van der Waals surface area (Å²) in [6.07, 6.45) is 3.80. The fourth-order valence-electron chi connectivity index (χ4n) is 7.44. The van der Waals surface area contributed by atoms with Crippen LogP contribution in [0.3, 0.4) is 0 Å². The van der Waals surface area contributed by atoms with Gasteiger partial charge in [-0.25, -0.2) is 9.59 Å². The first kappa shape index (κ1) is 43.7. The van der Waals surface area contributed by atoms with E-state index in [1.807, 2.05) is 58.1 Å². The number of fused-ring (bicyclic) bond motifs is 5. The van der Waals surface area contributed by atoms with Crippen molar-refractivity contribution in [2.75, 3.05) is 19.0 Å². The second-order valence-electron chi connectivity index (χ2n) is 16.6. The van der Waals surface area contributed by atoms with Gasteiger partial charge in [-0.05, 0) is 63.0 Å². The first-order valence-electron chi connectivity index (χ1n) is 18.9. The van der Waals surface area contributed by atoms with Crippen molar-refractivity contribution in [3.05, 3.63) is 52.1 Å². The van der Waals surface area contributed by atoms with Crippen molar-refractivity contribution in [2.45, 2.75) is 147 Å². The second-order valence-corrected chi connectivity index (χ2v) is 19.2. The van der Waals surface area contributed by atoms with Crippen LogP contribution in [0.15, 0.2) is 35.9 Å². The van der Waals surface area contributed by atoms with E-state index in [-0.39, 0.29) is 35.8 Å². The van der Waals surface area contributed by atoms with Crippen LogP contribution in [0.2, 0.25) is 5.02 Å². The number of epoxide rings is 1. The Morgan fingerprint density at radius 1 is 1.20 bits per heavy atom. The van der Waals surface area contributed by atoms with Crippen LogP contribution in [0.25, 0.3) is 0 Å². The number of aryl methyl sites for hydroxylation is 1. The summed E-state index contributed by atoms with van der Waals surface area (Å²) in [6, 6.07) is 2.92. The summed E-state index contributed by atoms with van der Waals surface area (Å²) in [7, 11) is 3.22. The quantitative estimate of drug-likeness (QED) is 0.208. The molecule has 4 rings (SSSR count). The SMILES string of the molecule is C/C1=C\C=C\[C@@H](C)[C@@]2(O)C[C@H](OC(=O)N2)[C@@H](C)[C@@H]2O[C@@]2(C)[C@@H](OC(=O)[C@H](C)N(C)C(=O)CCC(C)(C)SC(C)C)CC(=O)N(C)c2cc(cc(C)c2Cl)C1. The molecule has 2 N–H and O–H groups in total. The van der Waals surface area contributed by atoms with Crippen LogP contribution < -0.4 is 10.2 Å². The number of ether oxygens (including phenoxy) is 3. The summed E-state index contributed by atoms with van der Waals surface area (Å²) in [4.78, 5) is 57.0. The predicted molar refractivity (Wildman–Crippen MR) is 214 cm³/mol. The number of nitrogens with one attached hydrogen (secondary N) is 1. The maximum atomic E-state index is 14.2. The first-order valence-corrected chi connectivity index (χ1v) is 20.2. The molecule has 13 heteroatoms. The van der Waals surface area contributed by atoms with E-state index < -0.39 is 59.6 Å². The zero-order valence-electron chi connectivity index (χ0n) is 33.9. The molecule has 54 heavy (non-hydrogen) atoms. The van der Waals surface area contributed by atoms with Crippen LogP contribution >= 0.6 is 23.4 Å². The molecule has 3 heterocycles. The van der Waals surface area contributed by atoms with Crippen LogP contribution in [0.1, 0.15) is 99.1 Å². The molecule has 8 atom stereocenters. The molecule has 11 nitrogen and oxygen atoms in total. The number of hydrogen-bond acceptors (Lipinski definition) is 9. The Balaban J connectivity index is 1.67. The van der Waals surface area contributed by atoms with Gasteiger partial charge in [0.1, 0.15) is 29.6 Å². The third-order valence-corrected chi connectivity index (χ3v) is 13.0. The van der Waals surface area contributed by atoms with Gasteiger partial charge >= 0.3 is 12.1 Å². The molecule has 300 valence electrons. The fourth-order valence-corrected chi connectivity index (χ4v) is 9.17. The number of allylic oxidation sites excluding steroid dienone is 3. The van der Waals surface area contributed by atoms with Gasteiger partial charge in [0.05, 0.1) is 23.2 Å². The molecule has 0 aliphatic carbocycles. The van der Waals surface area contributed by atoms with Crippen molar-refractivity contribution >= 4 is 52.9 Å². The minimum atomic E-state index is -1.59. The number of carbonyl (C=O) groups is 4. The van der Waals surface area contributed by atoms with Gasteiger partial charge in [0.15, 0.2) is 0 Å². The first-order chi connectivity index (χ1) is 25.0. The predicted octanol–water partition coefficient (Wildman–Crippen LogP) is 7.14. The summed E-state index contributed by atoms with van der Waals surface area (Å²) in [5, 5.41) is 15.1. The van der Waals surface area contributed by atoms with Gasteiger partial charge in [0.25, 0.3) is 0 Å². The van der Waals surface area contributed by atoms with Gasteiger partial charge in [-0.3, -0.25) is 14.9 Å². The lowest BCUT2D eigenvalue weighted by atomic mass is 9.82. The third-order valence-electron chi connectivity index (χ3n) is 11.2. The van der Waals surface area contributed by atoms with Gasteiger partial charge in [-0.2, -0.15) is 11.8 Å². The molecule has 2 saturated heterocycles. The van der Waals surface area contributed by atoms with Gasteiger partial charge in [0.2, 0.25) is 11.8 Å². The molecular formula is C41H60ClN3O8S. The average molecular weight is 790 g/mol. The molecule has 3 aliphatic heterocycles. The molecule has 0 aromatic heterocycles. The molecule has 1 aromatic rings. The van der Waals surface area contributed by atoms with E-state index in [0.29, 0.717) is 28.8 Å².